The standard InChI is InChI=1S/C13H19NS/c1-2-15-12-9-5-7-10-6-3-4-8-11(10)13(12)14/h3-4,6,8,12-13H,2,5,7,9,14H2,1H3. The fourth-order valence-electron chi connectivity index (χ4n) is 2.36. The zero-order chi connectivity index (χ0) is 10.7. The summed E-state index contributed by atoms with van der Waals surface area (Å²) >= 11 is 2.01. The molecule has 0 aliphatic heterocycles. The third kappa shape index (κ3) is 2.37. The van der Waals surface area contributed by atoms with E-state index < -0.39 is 0 Å². The third-order valence-electron chi connectivity index (χ3n) is 3.13. The van der Waals surface area contributed by atoms with Crippen molar-refractivity contribution in [2.75, 3.05) is 5.75 Å². The van der Waals surface area contributed by atoms with Crippen molar-refractivity contribution in [3.8, 4) is 0 Å². The molecule has 2 unspecified atom stereocenters. The molecular weight excluding hydrogens is 202 g/mol. The average molecular weight is 221 g/mol. The zero-order valence-corrected chi connectivity index (χ0v) is 10.1. The Bertz CT molecular complexity index is 324. The molecule has 2 heteroatoms. The van der Waals surface area contributed by atoms with Crippen molar-refractivity contribution in [2.24, 2.45) is 5.73 Å². The second-order valence-corrected chi connectivity index (χ2v) is 5.63. The van der Waals surface area contributed by atoms with Gasteiger partial charge < -0.3 is 5.73 Å². The molecule has 1 aromatic rings. The first-order chi connectivity index (χ1) is 7.33. The van der Waals surface area contributed by atoms with E-state index in [1.54, 1.807) is 0 Å². The lowest BCUT2D eigenvalue weighted by Gasteiger charge is -2.21. The Morgan fingerprint density at radius 2 is 2.20 bits per heavy atom. The van der Waals surface area contributed by atoms with Crippen molar-refractivity contribution in [2.45, 2.75) is 37.5 Å². The molecule has 0 saturated carbocycles. The molecule has 2 rings (SSSR count). The van der Waals surface area contributed by atoms with Gasteiger partial charge in [-0.3, -0.25) is 0 Å². The Kier molecular flexibility index (Phi) is 3.71. The highest BCUT2D eigenvalue weighted by Gasteiger charge is 2.24. The number of nitrogens with two attached hydrogens (primary N) is 1. The summed E-state index contributed by atoms with van der Waals surface area (Å²) in [6, 6.07) is 8.90. The van der Waals surface area contributed by atoms with Crippen LogP contribution in [-0.4, -0.2) is 11.0 Å². The highest BCUT2D eigenvalue weighted by atomic mass is 32.2. The average Bonchev–Trinajstić information content (AvgIpc) is 2.41. The summed E-state index contributed by atoms with van der Waals surface area (Å²) in [4.78, 5) is 0. The maximum atomic E-state index is 6.36. The molecule has 1 aliphatic carbocycles. The third-order valence-corrected chi connectivity index (χ3v) is 4.42. The molecule has 0 radical (unpaired) electrons. The van der Waals surface area contributed by atoms with Gasteiger partial charge in [-0.2, -0.15) is 11.8 Å². The van der Waals surface area contributed by atoms with Crippen molar-refractivity contribution in [3.63, 3.8) is 0 Å². The van der Waals surface area contributed by atoms with Crippen LogP contribution in [0.15, 0.2) is 24.3 Å². The monoisotopic (exact) mass is 221 g/mol. The number of rotatable bonds is 2. The molecule has 82 valence electrons. The molecule has 1 nitrogen and oxygen atoms in total. The summed E-state index contributed by atoms with van der Waals surface area (Å²) in [7, 11) is 0. The van der Waals surface area contributed by atoms with Crippen molar-refractivity contribution < 1.29 is 0 Å². The molecule has 0 amide bonds. The topological polar surface area (TPSA) is 26.0 Å². The van der Waals surface area contributed by atoms with E-state index in [1.165, 1.54) is 36.1 Å². The van der Waals surface area contributed by atoms with Gasteiger partial charge in [-0.1, -0.05) is 31.2 Å². The predicted molar refractivity (Wildman–Crippen MR) is 68.2 cm³/mol. The largest absolute Gasteiger partial charge is 0.323 e. The van der Waals surface area contributed by atoms with Crippen LogP contribution in [0.1, 0.15) is 36.9 Å². The van der Waals surface area contributed by atoms with E-state index in [4.69, 9.17) is 5.73 Å². The van der Waals surface area contributed by atoms with Crippen LogP contribution in [0.3, 0.4) is 0 Å². The van der Waals surface area contributed by atoms with Crippen LogP contribution < -0.4 is 5.73 Å². The lowest BCUT2D eigenvalue weighted by Crippen LogP contribution is -2.23. The lowest BCUT2D eigenvalue weighted by atomic mass is 10.00. The minimum absolute atomic E-state index is 0.230. The molecule has 0 heterocycles. The normalized spacial score (nSPS) is 25.7. The van der Waals surface area contributed by atoms with Crippen molar-refractivity contribution in [1.29, 1.82) is 0 Å². The zero-order valence-electron chi connectivity index (χ0n) is 9.28. The maximum absolute atomic E-state index is 6.36. The molecule has 0 fully saturated rings. The number of benzene rings is 1. The van der Waals surface area contributed by atoms with Gasteiger partial charge in [0.1, 0.15) is 0 Å². The van der Waals surface area contributed by atoms with Crippen LogP contribution in [0.2, 0.25) is 0 Å². The minimum atomic E-state index is 0.230. The number of hydrogen-bond acceptors (Lipinski definition) is 2. The molecule has 2 N–H and O–H groups in total. The number of aryl methyl sites for hydroxylation is 1. The molecule has 0 saturated heterocycles. The van der Waals surface area contributed by atoms with Crippen LogP contribution in [0.5, 0.6) is 0 Å². The summed E-state index contributed by atoms with van der Waals surface area (Å²) in [5.41, 5.74) is 9.19. The van der Waals surface area contributed by atoms with E-state index in [-0.39, 0.29) is 6.04 Å². The van der Waals surface area contributed by atoms with Crippen LogP contribution in [0, 0.1) is 0 Å². The second-order valence-electron chi connectivity index (χ2n) is 4.11. The first-order valence-electron chi connectivity index (χ1n) is 5.78. The van der Waals surface area contributed by atoms with E-state index in [1.807, 2.05) is 11.8 Å². The quantitative estimate of drug-likeness (QED) is 0.776. The fourth-order valence-corrected chi connectivity index (χ4v) is 3.48. The van der Waals surface area contributed by atoms with Crippen LogP contribution in [-0.2, 0) is 6.42 Å². The number of hydrogen-bond donors (Lipinski definition) is 1. The van der Waals surface area contributed by atoms with Crippen LogP contribution in [0.4, 0.5) is 0 Å². The molecular formula is C13H19NS. The smallest absolute Gasteiger partial charge is 0.0418 e. The first-order valence-corrected chi connectivity index (χ1v) is 6.82. The van der Waals surface area contributed by atoms with E-state index in [0.717, 1.165) is 0 Å². The van der Waals surface area contributed by atoms with E-state index in [9.17, 15) is 0 Å². The Balaban J connectivity index is 2.26. The second kappa shape index (κ2) is 5.04. The molecule has 1 aliphatic rings. The molecule has 15 heavy (non-hydrogen) atoms. The van der Waals surface area contributed by atoms with Gasteiger partial charge in [-0.15, -0.1) is 0 Å². The van der Waals surface area contributed by atoms with Crippen LogP contribution >= 0.6 is 11.8 Å². The maximum Gasteiger partial charge on any atom is 0.0418 e. The summed E-state index contributed by atoms with van der Waals surface area (Å²) in [6.07, 6.45) is 3.74. The molecule has 0 aromatic heterocycles. The van der Waals surface area contributed by atoms with Gasteiger partial charge in [0, 0.05) is 11.3 Å². The Labute approximate surface area is 96.4 Å². The molecule has 2 atom stereocenters. The van der Waals surface area contributed by atoms with Crippen LogP contribution in [0.25, 0.3) is 0 Å². The molecule has 1 aromatic carbocycles. The van der Waals surface area contributed by atoms with Crippen molar-refractivity contribution in [1.82, 2.24) is 0 Å². The summed E-state index contributed by atoms with van der Waals surface area (Å²) in [5, 5.41) is 0.610. The number of fused-ring (bicyclic) bond motifs is 1. The van der Waals surface area contributed by atoms with Gasteiger partial charge in [-0.25, -0.2) is 0 Å². The Hall–Kier alpha value is -0.470. The summed E-state index contributed by atoms with van der Waals surface area (Å²) in [6.45, 7) is 2.22. The lowest BCUT2D eigenvalue weighted by molar-refractivity contribution is 0.633. The molecule has 0 bridgehead atoms. The van der Waals surface area contributed by atoms with E-state index in [2.05, 4.69) is 31.2 Å². The van der Waals surface area contributed by atoms with Crippen molar-refractivity contribution in [3.05, 3.63) is 35.4 Å². The van der Waals surface area contributed by atoms with Gasteiger partial charge in [0.05, 0.1) is 0 Å². The Morgan fingerprint density at radius 3 is 3.00 bits per heavy atom. The van der Waals surface area contributed by atoms with Gasteiger partial charge in [-0.05, 0) is 36.1 Å². The van der Waals surface area contributed by atoms with Gasteiger partial charge in [0.2, 0.25) is 0 Å². The molecule has 0 spiro atoms. The van der Waals surface area contributed by atoms with Gasteiger partial charge in [0.15, 0.2) is 0 Å². The Morgan fingerprint density at radius 1 is 1.40 bits per heavy atom. The fraction of sp³-hybridized carbons (Fsp3) is 0.538. The summed E-state index contributed by atoms with van der Waals surface area (Å²) < 4.78 is 0. The van der Waals surface area contributed by atoms with E-state index in [0.29, 0.717) is 5.25 Å². The highest BCUT2D eigenvalue weighted by Crippen LogP contribution is 2.33. The number of thioether (sulfide) groups is 1. The highest BCUT2D eigenvalue weighted by molar-refractivity contribution is 7.99. The van der Waals surface area contributed by atoms with Gasteiger partial charge in [0.25, 0.3) is 0 Å². The minimum Gasteiger partial charge on any atom is -0.323 e. The van der Waals surface area contributed by atoms with Crippen molar-refractivity contribution >= 4 is 11.8 Å². The summed E-state index contributed by atoms with van der Waals surface area (Å²) in [5.74, 6) is 1.17. The predicted octanol–water partition coefficient (Wildman–Crippen LogP) is 3.14. The van der Waals surface area contributed by atoms with E-state index >= 15 is 0 Å². The SMILES string of the molecule is CCSC1CCCc2ccccc2C1N. The van der Waals surface area contributed by atoms with Gasteiger partial charge >= 0.3 is 0 Å². The first kappa shape index (κ1) is 11.0.